The van der Waals surface area contributed by atoms with Crippen LogP contribution in [0.4, 0.5) is 13.2 Å². The number of thioether (sulfide) groups is 1. The molecular weight excluding hydrogens is 447 g/mol. The molecule has 33 heavy (non-hydrogen) atoms. The SMILES string of the molecule is CNC1(c2ccc(-c3oc4nc(SC)nc(C(F)(F)F)c4c3-c3ccccc3)cc2)CCC1. The van der Waals surface area contributed by atoms with Gasteiger partial charge in [0.2, 0.25) is 5.71 Å². The van der Waals surface area contributed by atoms with Crippen molar-refractivity contribution in [3.05, 3.63) is 65.9 Å². The predicted molar refractivity (Wildman–Crippen MR) is 124 cm³/mol. The lowest BCUT2D eigenvalue weighted by Gasteiger charge is -2.42. The minimum atomic E-state index is -4.65. The second kappa shape index (κ2) is 8.18. The molecule has 2 aromatic carbocycles. The number of hydrogen-bond donors (Lipinski definition) is 1. The Balaban J connectivity index is 1.75. The van der Waals surface area contributed by atoms with Gasteiger partial charge in [-0.2, -0.15) is 18.2 Å². The minimum Gasteiger partial charge on any atom is -0.437 e. The Labute approximate surface area is 193 Å². The number of hydrogen-bond acceptors (Lipinski definition) is 5. The molecule has 170 valence electrons. The van der Waals surface area contributed by atoms with Crippen molar-refractivity contribution in [2.45, 2.75) is 36.1 Å². The summed E-state index contributed by atoms with van der Waals surface area (Å²) in [4.78, 5) is 8.09. The van der Waals surface area contributed by atoms with E-state index in [4.69, 9.17) is 4.42 Å². The lowest BCUT2D eigenvalue weighted by atomic mass is 9.72. The van der Waals surface area contributed by atoms with E-state index in [1.165, 1.54) is 6.42 Å². The maximum atomic E-state index is 14.1. The van der Waals surface area contributed by atoms with Gasteiger partial charge in [0.05, 0.1) is 5.39 Å². The molecule has 2 heterocycles. The van der Waals surface area contributed by atoms with Crippen LogP contribution in [0.3, 0.4) is 0 Å². The number of rotatable bonds is 5. The van der Waals surface area contributed by atoms with Crippen LogP contribution in [0.1, 0.15) is 30.5 Å². The molecule has 4 aromatic rings. The molecule has 0 bridgehead atoms. The fourth-order valence-electron chi connectivity index (χ4n) is 4.51. The molecule has 1 saturated carbocycles. The Morgan fingerprint density at radius 2 is 1.67 bits per heavy atom. The summed E-state index contributed by atoms with van der Waals surface area (Å²) >= 11 is 1.05. The van der Waals surface area contributed by atoms with Crippen molar-refractivity contribution >= 4 is 22.9 Å². The van der Waals surface area contributed by atoms with Gasteiger partial charge in [0, 0.05) is 16.7 Å². The number of benzene rings is 2. The Bertz CT molecular complexity index is 1290. The molecule has 0 spiro atoms. The lowest BCUT2D eigenvalue weighted by molar-refractivity contribution is -0.140. The molecule has 0 aliphatic heterocycles. The Morgan fingerprint density at radius 3 is 2.21 bits per heavy atom. The van der Waals surface area contributed by atoms with E-state index < -0.39 is 11.9 Å². The summed E-state index contributed by atoms with van der Waals surface area (Å²) in [6.07, 6.45) is 0.278. The molecule has 1 fully saturated rings. The van der Waals surface area contributed by atoms with Crippen LogP contribution in [0.15, 0.2) is 64.2 Å². The average molecular weight is 470 g/mol. The second-order valence-corrected chi connectivity index (χ2v) is 8.95. The second-order valence-electron chi connectivity index (χ2n) is 8.17. The van der Waals surface area contributed by atoms with E-state index in [1.54, 1.807) is 30.5 Å². The van der Waals surface area contributed by atoms with Gasteiger partial charge in [-0.1, -0.05) is 66.4 Å². The van der Waals surface area contributed by atoms with Crippen molar-refractivity contribution in [2.75, 3.05) is 13.3 Å². The van der Waals surface area contributed by atoms with Crippen LogP contribution in [0.2, 0.25) is 0 Å². The van der Waals surface area contributed by atoms with E-state index in [0.29, 0.717) is 22.5 Å². The van der Waals surface area contributed by atoms with Gasteiger partial charge in [-0.05, 0) is 43.7 Å². The molecule has 0 atom stereocenters. The van der Waals surface area contributed by atoms with Gasteiger partial charge in [-0.3, -0.25) is 0 Å². The molecule has 1 aliphatic rings. The molecule has 8 heteroatoms. The van der Waals surface area contributed by atoms with Gasteiger partial charge in [0.15, 0.2) is 10.9 Å². The summed E-state index contributed by atoms with van der Waals surface area (Å²) in [7, 11) is 1.96. The highest BCUT2D eigenvalue weighted by Gasteiger charge is 2.39. The van der Waals surface area contributed by atoms with Gasteiger partial charge in [-0.25, -0.2) is 4.98 Å². The summed E-state index contributed by atoms with van der Waals surface area (Å²) in [5.41, 5.74) is 1.75. The molecule has 0 saturated heterocycles. The van der Waals surface area contributed by atoms with E-state index in [0.717, 1.165) is 30.2 Å². The summed E-state index contributed by atoms with van der Waals surface area (Å²) in [5, 5.41) is 3.32. The number of alkyl halides is 3. The summed E-state index contributed by atoms with van der Waals surface area (Å²) in [6.45, 7) is 0. The predicted octanol–water partition coefficient (Wildman–Crippen LogP) is 6.90. The standard InChI is InChI=1S/C25H22F3N3OS/c1-29-24(13-6-14-24)17-11-9-16(10-12-17)20-18(15-7-4-3-5-8-15)19-21(25(26,27)28)30-23(33-2)31-22(19)32-20/h3-5,7-12,29H,6,13-14H2,1-2H3. The Kier molecular flexibility index (Phi) is 5.45. The molecular formula is C25H22F3N3OS. The molecule has 2 aromatic heterocycles. The topological polar surface area (TPSA) is 51.0 Å². The van der Waals surface area contributed by atoms with Crippen LogP contribution in [0.25, 0.3) is 33.6 Å². The molecule has 5 rings (SSSR count). The third-order valence-corrected chi connectivity index (χ3v) is 6.98. The van der Waals surface area contributed by atoms with Crippen LogP contribution < -0.4 is 5.32 Å². The average Bonchev–Trinajstić information content (AvgIpc) is 3.17. The monoisotopic (exact) mass is 469 g/mol. The third-order valence-electron chi connectivity index (χ3n) is 6.43. The number of aromatic nitrogens is 2. The first-order chi connectivity index (χ1) is 15.9. The lowest BCUT2D eigenvalue weighted by Crippen LogP contribution is -2.45. The number of halogens is 3. The number of fused-ring (bicyclic) bond motifs is 1. The van der Waals surface area contributed by atoms with Gasteiger partial charge in [0.1, 0.15) is 5.76 Å². The number of nitrogens with one attached hydrogen (secondary N) is 1. The zero-order valence-electron chi connectivity index (χ0n) is 18.2. The normalized spacial score (nSPS) is 15.5. The van der Waals surface area contributed by atoms with E-state index >= 15 is 0 Å². The maximum absolute atomic E-state index is 14.1. The maximum Gasteiger partial charge on any atom is 0.434 e. The van der Waals surface area contributed by atoms with Gasteiger partial charge < -0.3 is 9.73 Å². The first-order valence-corrected chi connectivity index (χ1v) is 11.9. The highest BCUT2D eigenvalue weighted by atomic mass is 32.2. The van der Waals surface area contributed by atoms with Crippen molar-refractivity contribution in [1.29, 1.82) is 0 Å². The summed E-state index contributed by atoms with van der Waals surface area (Å²) in [5.74, 6) is 0.355. The van der Waals surface area contributed by atoms with Crippen LogP contribution in [0.5, 0.6) is 0 Å². The zero-order valence-corrected chi connectivity index (χ0v) is 19.0. The molecule has 0 amide bonds. The first kappa shape index (κ1) is 22.0. The van der Waals surface area contributed by atoms with Gasteiger partial charge in [-0.15, -0.1) is 0 Å². The van der Waals surface area contributed by atoms with Crippen LogP contribution in [-0.4, -0.2) is 23.3 Å². The molecule has 0 radical (unpaired) electrons. The Hall–Kier alpha value is -2.84. The Morgan fingerprint density at radius 1 is 0.970 bits per heavy atom. The van der Waals surface area contributed by atoms with Gasteiger partial charge >= 0.3 is 6.18 Å². The fraction of sp³-hybridized carbons (Fsp3) is 0.280. The van der Waals surface area contributed by atoms with E-state index in [-0.39, 0.29) is 21.8 Å². The summed E-state index contributed by atoms with van der Waals surface area (Å²) < 4.78 is 48.2. The quantitative estimate of drug-likeness (QED) is 0.255. The minimum absolute atomic E-state index is 0.0195. The fourth-order valence-corrected chi connectivity index (χ4v) is 4.87. The molecule has 4 nitrogen and oxygen atoms in total. The first-order valence-electron chi connectivity index (χ1n) is 10.7. The van der Waals surface area contributed by atoms with E-state index in [2.05, 4.69) is 15.3 Å². The number of nitrogens with zero attached hydrogens (tertiary/aromatic N) is 2. The molecule has 0 unspecified atom stereocenters. The highest BCUT2D eigenvalue weighted by Crippen LogP contribution is 2.46. The van der Waals surface area contributed by atoms with E-state index in [9.17, 15) is 13.2 Å². The zero-order chi connectivity index (χ0) is 23.2. The van der Waals surface area contributed by atoms with Crippen LogP contribution in [-0.2, 0) is 11.7 Å². The molecule has 1 N–H and O–H groups in total. The van der Waals surface area contributed by atoms with Crippen molar-refractivity contribution in [1.82, 2.24) is 15.3 Å². The largest absolute Gasteiger partial charge is 0.437 e. The smallest absolute Gasteiger partial charge is 0.434 e. The van der Waals surface area contributed by atoms with Crippen molar-refractivity contribution in [3.8, 4) is 22.5 Å². The third kappa shape index (κ3) is 3.71. The van der Waals surface area contributed by atoms with Crippen molar-refractivity contribution in [2.24, 2.45) is 0 Å². The van der Waals surface area contributed by atoms with Crippen molar-refractivity contribution in [3.63, 3.8) is 0 Å². The van der Waals surface area contributed by atoms with Crippen LogP contribution >= 0.6 is 11.8 Å². The van der Waals surface area contributed by atoms with Crippen LogP contribution in [0, 0.1) is 0 Å². The molecule has 1 aliphatic carbocycles. The number of furan rings is 1. The van der Waals surface area contributed by atoms with Gasteiger partial charge in [0.25, 0.3) is 0 Å². The van der Waals surface area contributed by atoms with Crippen molar-refractivity contribution < 1.29 is 17.6 Å². The summed E-state index contributed by atoms with van der Waals surface area (Å²) in [6, 6.07) is 16.8. The highest BCUT2D eigenvalue weighted by molar-refractivity contribution is 7.98. The van der Waals surface area contributed by atoms with E-state index in [1.807, 2.05) is 37.4 Å².